The third-order valence-corrected chi connectivity index (χ3v) is 4.99. The lowest BCUT2D eigenvalue weighted by atomic mass is 10.1. The minimum Gasteiger partial charge on any atom is -0.354 e. The standard InChI is InChI=1S/C19H23N5O/c1-3-23-17-12-21-24(18(17)13(2)22-23)10-9-20-19(25)16-11-15(16)14-7-5-4-6-8-14/h4-8,12,15-16H,3,9-11H2,1-2H3,(H,20,25)/t15-,16+/m1/s1. The number of aryl methyl sites for hydroxylation is 2. The summed E-state index contributed by atoms with van der Waals surface area (Å²) in [6.07, 6.45) is 2.80. The molecule has 0 saturated heterocycles. The largest absolute Gasteiger partial charge is 0.354 e. The summed E-state index contributed by atoms with van der Waals surface area (Å²) < 4.78 is 3.90. The van der Waals surface area contributed by atoms with Crippen LogP contribution in [0.1, 0.15) is 30.5 Å². The summed E-state index contributed by atoms with van der Waals surface area (Å²) in [7, 11) is 0. The molecule has 130 valence electrons. The van der Waals surface area contributed by atoms with E-state index in [-0.39, 0.29) is 11.8 Å². The monoisotopic (exact) mass is 337 g/mol. The molecule has 0 radical (unpaired) electrons. The van der Waals surface area contributed by atoms with Crippen LogP contribution >= 0.6 is 0 Å². The zero-order chi connectivity index (χ0) is 17.4. The number of fused-ring (bicyclic) bond motifs is 1. The van der Waals surface area contributed by atoms with Crippen molar-refractivity contribution in [2.45, 2.75) is 39.3 Å². The van der Waals surface area contributed by atoms with Crippen LogP contribution in [0.5, 0.6) is 0 Å². The molecule has 1 saturated carbocycles. The highest BCUT2D eigenvalue weighted by Gasteiger charge is 2.43. The molecule has 1 fully saturated rings. The van der Waals surface area contributed by atoms with Crippen LogP contribution in [0.15, 0.2) is 36.5 Å². The van der Waals surface area contributed by atoms with E-state index >= 15 is 0 Å². The number of hydrogen-bond acceptors (Lipinski definition) is 3. The molecule has 1 N–H and O–H groups in total. The van der Waals surface area contributed by atoms with Gasteiger partial charge in [-0.25, -0.2) is 0 Å². The van der Waals surface area contributed by atoms with Gasteiger partial charge in [-0.05, 0) is 31.7 Å². The van der Waals surface area contributed by atoms with Crippen LogP contribution in [0.4, 0.5) is 0 Å². The van der Waals surface area contributed by atoms with Crippen molar-refractivity contribution in [2.75, 3.05) is 6.54 Å². The maximum absolute atomic E-state index is 12.3. The van der Waals surface area contributed by atoms with Gasteiger partial charge in [0.05, 0.1) is 18.4 Å². The molecule has 1 aliphatic carbocycles. The van der Waals surface area contributed by atoms with Crippen LogP contribution in [0, 0.1) is 12.8 Å². The topological polar surface area (TPSA) is 64.7 Å². The van der Waals surface area contributed by atoms with Crippen molar-refractivity contribution in [3.8, 4) is 0 Å². The van der Waals surface area contributed by atoms with Crippen molar-refractivity contribution >= 4 is 16.9 Å². The van der Waals surface area contributed by atoms with E-state index in [4.69, 9.17) is 0 Å². The van der Waals surface area contributed by atoms with E-state index in [9.17, 15) is 4.79 Å². The summed E-state index contributed by atoms with van der Waals surface area (Å²) in [5.74, 6) is 0.644. The van der Waals surface area contributed by atoms with Gasteiger partial charge in [0.15, 0.2) is 0 Å². The SMILES string of the molecule is CCn1nc(C)c2c1cnn2CCNC(=O)[C@H]1C[C@@H]1c1ccccc1. The van der Waals surface area contributed by atoms with Crippen LogP contribution in [-0.2, 0) is 17.9 Å². The molecular weight excluding hydrogens is 314 g/mol. The van der Waals surface area contributed by atoms with Gasteiger partial charge in [-0.3, -0.25) is 14.2 Å². The van der Waals surface area contributed by atoms with Crippen molar-refractivity contribution in [1.82, 2.24) is 24.9 Å². The highest BCUT2D eigenvalue weighted by molar-refractivity contribution is 5.83. The molecule has 0 spiro atoms. The van der Waals surface area contributed by atoms with Crippen molar-refractivity contribution in [3.63, 3.8) is 0 Å². The first-order valence-electron chi connectivity index (χ1n) is 8.90. The Morgan fingerprint density at radius 2 is 2.08 bits per heavy atom. The zero-order valence-corrected chi connectivity index (χ0v) is 14.6. The van der Waals surface area contributed by atoms with Crippen LogP contribution in [-0.4, -0.2) is 32.0 Å². The second kappa shape index (κ2) is 6.35. The van der Waals surface area contributed by atoms with Gasteiger partial charge in [-0.15, -0.1) is 0 Å². The number of benzene rings is 1. The quantitative estimate of drug-likeness (QED) is 0.751. The van der Waals surface area contributed by atoms with Crippen molar-refractivity contribution in [2.24, 2.45) is 5.92 Å². The predicted molar refractivity (Wildman–Crippen MR) is 96.2 cm³/mol. The summed E-state index contributed by atoms with van der Waals surface area (Å²) in [5, 5.41) is 12.0. The van der Waals surface area contributed by atoms with Gasteiger partial charge in [0.1, 0.15) is 11.0 Å². The molecule has 0 unspecified atom stereocenters. The second-order valence-electron chi connectivity index (χ2n) is 6.65. The highest BCUT2D eigenvalue weighted by atomic mass is 16.2. The Kier molecular flexibility index (Phi) is 4.03. The molecule has 0 bridgehead atoms. The maximum Gasteiger partial charge on any atom is 0.223 e. The second-order valence-corrected chi connectivity index (χ2v) is 6.65. The molecule has 1 amide bonds. The molecule has 1 aliphatic rings. The first kappa shape index (κ1) is 15.9. The fourth-order valence-corrected chi connectivity index (χ4v) is 3.60. The van der Waals surface area contributed by atoms with Gasteiger partial charge >= 0.3 is 0 Å². The molecule has 2 aromatic heterocycles. The number of carbonyl (C=O) groups is 1. The lowest BCUT2D eigenvalue weighted by Crippen LogP contribution is -2.29. The fraction of sp³-hybridized carbons (Fsp3) is 0.421. The third-order valence-electron chi connectivity index (χ3n) is 4.99. The lowest BCUT2D eigenvalue weighted by Gasteiger charge is -2.06. The molecule has 2 heterocycles. The van der Waals surface area contributed by atoms with Gasteiger partial charge < -0.3 is 5.32 Å². The number of amides is 1. The first-order valence-corrected chi connectivity index (χ1v) is 8.90. The molecule has 25 heavy (non-hydrogen) atoms. The number of aromatic nitrogens is 4. The van der Waals surface area contributed by atoms with E-state index < -0.39 is 0 Å². The van der Waals surface area contributed by atoms with E-state index in [2.05, 4.69) is 34.6 Å². The lowest BCUT2D eigenvalue weighted by molar-refractivity contribution is -0.122. The normalized spacial score (nSPS) is 19.3. The average molecular weight is 337 g/mol. The van der Waals surface area contributed by atoms with E-state index in [1.54, 1.807) is 0 Å². The Morgan fingerprint density at radius 3 is 2.84 bits per heavy atom. The van der Waals surface area contributed by atoms with Gasteiger partial charge in [-0.1, -0.05) is 30.3 Å². The molecular formula is C19H23N5O. The Bertz CT molecular complexity index is 895. The van der Waals surface area contributed by atoms with Crippen LogP contribution in [0.25, 0.3) is 11.0 Å². The maximum atomic E-state index is 12.3. The van der Waals surface area contributed by atoms with Crippen LogP contribution in [0.3, 0.4) is 0 Å². The van der Waals surface area contributed by atoms with Gasteiger partial charge in [-0.2, -0.15) is 10.2 Å². The molecule has 6 heteroatoms. The molecule has 6 nitrogen and oxygen atoms in total. The summed E-state index contributed by atoms with van der Waals surface area (Å²) >= 11 is 0. The number of carbonyl (C=O) groups excluding carboxylic acids is 1. The Morgan fingerprint density at radius 1 is 1.28 bits per heavy atom. The van der Waals surface area contributed by atoms with E-state index in [0.717, 1.165) is 29.7 Å². The van der Waals surface area contributed by atoms with Crippen molar-refractivity contribution < 1.29 is 4.79 Å². The minimum absolute atomic E-state index is 0.115. The number of nitrogens with zero attached hydrogens (tertiary/aromatic N) is 4. The molecule has 0 aliphatic heterocycles. The van der Waals surface area contributed by atoms with Gasteiger partial charge in [0.2, 0.25) is 5.91 Å². The summed E-state index contributed by atoms with van der Waals surface area (Å²) in [4.78, 5) is 12.3. The average Bonchev–Trinajstić information content (AvgIpc) is 3.23. The van der Waals surface area contributed by atoms with E-state index in [0.29, 0.717) is 19.0 Å². The fourth-order valence-electron chi connectivity index (χ4n) is 3.60. The molecule has 3 aromatic rings. The highest BCUT2D eigenvalue weighted by Crippen LogP contribution is 2.47. The van der Waals surface area contributed by atoms with Gasteiger partial charge in [0, 0.05) is 19.0 Å². The summed E-state index contributed by atoms with van der Waals surface area (Å²) in [6.45, 7) is 6.15. The number of hydrogen-bond donors (Lipinski definition) is 1. The number of nitrogens with one attached hydrogen (secondary N) is 1. The first-order chi connectivity index (χ1) is 12.2. The smallest absolute Gasteiger partial charge is 0.223 e. The summed E-state index contributed by atoms with van der Waals surface area (Å²) in [5.41, 5.74) is 4.35. The Labute approximate surface area is 146 Å². The molecule has 4 rings (SSSR count). The number of rotatable bonds is 6. The Balaban J connectivity index is 1.34. The van der Waals surface area contributed by atoms with Crippen LogP contribution in [0.2, 0.25) is 0 Å². The molecule has 2 atom stereocenters. The molecule has 1 aromatic carbocycles. The Hall–Kier alpha value is -2.63. The van der Waals surface area contributed by atoms with Gasteiger partial charge in [0.25, 0.3) is 0 Å². The van der Waals surface area contributed by atoms with Crippen LogP contribution < -0.4 is 5.32 Å². The zero-order valence-electron chi connectivity index (χ0n) is 14.6. The van der Waals surface area contributed by atoms with Crippen molar-refractivity contribution in [3.05, 3.63) is 47.8 Å². The van der Waals surface area contributed by atoms with E-state index in [1.165, 1.54) is 5.56 Å². The predicted octanol–water partition coefficient (Wildman–Crippen LogP) is 2.48. The van der Waals surface area contributed by atoms with Crippen molar-refractivity contribution in [1.29, 1.82) is 0 Å². The third kappa shape index (κ3) is 2.92. The van der Waals surface area contributed by atoms with E-state index in [1.807, 2.05) is 40.7 Å². The summed E-state index contributed by atoms with van der Waals surface area (Å²) in [6, 6.07) is 10.3. The minimum atomic E-state index is 0.115.